The van der Waals surface area contributed by atoms with Gasteiger partial charge in [0.05, 0.1) is 32.7 Å². The molecule has 0 aliphatic rings. The van der Waals surface area contributed by atoms with Gasteiger partial charge in [0.1, 0.15) is 23.3 Å². The third-order valence-corrected chi connectivity index (χ3v) is 2.66. The molecule has 0 saturated carbocycles. The summed E-state index contributed by atoms with van der Waals surface area (Å²) in [6.45, 7) is 0.200. The van der Waals surface area contributed by atoms with E-state index in [4.69, 9.17) is 21.4 Å². The first-order chi connectivity index (χ1) is 9.10. The van der Waals surface area contributed by atoms with E-state index in [1.54, 1.807) is 11.9 Å². The van der Waals surface area contributed by atoms with Crippen LogP contribution in [0.3, 0.4) is 0 Å². The summed E-state index contributed by atoms with van der Waals surface area (Å²) in [5.74, 6) is 0.491. The lowest BCUT2D eigenvalue weighted by Gasteiger charge is -2.15. The lowest BCUT2D eigenvalue weighted by atomic mass is 10.0. The van der Waals surface area contributed by atoms with Crippen LogP contribution < -0.4 is 15.6 Å². The van der Waals surface area contributed by atoms with E-state index in [9.17, 15) is 5.26 Å². The van der Waals surface area contributed by atoms with Crippen molar-refractivity contribution in [2.24, 2.45) is 0 Å². The summed E-state index contributed by atoms with van der Waals surface area (Å²) in [4.78, 5) is 4.38. The van der Waals surface area contributed by atoms with Crippen molar-refractivity contribution < 1.29 is 10.1 Å². The zero-order chi connectivity index (χ0) is 14.4. The Morgan fingerprint density at radius 1 is 1.26 bits per heavy atom. The fourth-order valence-corrected chi connectivity index (χ4v) is 1.74. The number of aromatic nitrogens is 1. The Labute approximate surface area is 110 Å². The molecule has 96 valence electrons. The number of H-pyrrole nitrogens is 1. The Hall–Kier alpha value is -2.82. The molecule has 4 N–H and O–H groups in total. The molecule has 1 rings (SSSR count). The number of nitrogen functional groups attached to an aromatic ring is 1. The van der Waals surface area contributed by atoms with Crippen LogP contribution in [0.5, 0.6) is 0 Å². The standard InChI is InChI=1S/C12H12N6O/c1-18(4-5-19)12-10(7-15)8(2-3-13)9(6-14)11(16)17-12/h19H,2,4-5H2,1H3,(H2,16,17)/p+1. The summed E-state index contributed by atoms with van der Waals surface area (Å²) in [7, 11) is 1.67. The first-order valence-electron chi connectivity index (χ1n) is 5.47. The maximum atomic E-state index is 9.24. The Morgan fingerprint density at radius 2 is 1.89 bits per heavy atom. The Balaban J connectivity index is 3.56. The van der Waals surface area contributed by atoms with Gasteiger partial charge in [0, 0.05) is 5.56 Å². The van der Waals surface area contributed by atoms with E-state index >= 15 is 0 Å². The lowest BCUT2D eigenvalue weighted by molar-refractivity contribution is -0.346. The summed E-state index contributed by atoms with van der Waals surface area (Å²) in [5, 5.41) is 36.0. The smallest absolute Gasteiger partial charge is 0.239 e. The van der Waals surface area contributed by atoms with Crippen molar-refractivity contribution in [3.05, 3.63) is 16.7 Å². The second-order valence-electron chi connectivity index (χ2n) is 3.82. The average molecular weight is 257 g/mol. The molecular weight excluding hydrogens is 244 g/mol. The lowest BCUT2D eigenvalue weighted by Crippen LogP contribution is -2.31. The van der Waals surface area contributed by atoms with Crippen LogP contribution in [-0.4, -0.2) is 25.3 Å². The molecule has 1 aromatic heterocycles. The number of nitrogens with two attached hydrogens (primary N) is 1. The van der Waals surface area contributed by atoms with Gasteiger partial charge in [-0.15, -0.1) is 0 Å². The maximum Gasteiger partial charge on any atom is 0.239 e. The van der Waals surface area contributed by atoms with Gasteiger partial charge in [-0.05, 0) is 0 Å². The van der Waals surface area contributed by atoms with Gasteiger partial charge in [-0.25, -0.2) is 4.98 Å². The molecule has 0 saturated heterocycles. The predicted molar refractivity (Wildman–Crippen MR) is 66.5 cm³/mol. The first kappa shape index (κ1) is 14.2. The van der Waals surface area contributed by atoms with Crippen LogP contribution in [0.2, 0.25) is 0 Å². The second kappa shape index (κ2) is 6.20. The van der Waals surface area contributed by atoms with E-state index in [0.29, 0.717) is 17.9 Å². The number of aliphatic hydroxyl groups excluding tert-OH is 1. The van der Waals surface area contributed by atoms with E-state index < -0.39 is 0 Å². The third-order valence-electron chi connectivity index (χ3n) is 2.66. The normalized spacial score (nSPS) is 9.21. The van der Waals surface area contributed by atoms with Crippen molar-refractivity contribution in [3.8, 4) is 18.2 Å². The number of aliphatic hydroxyl groups is 1. The largest absolute Gasteiger partial charge is 0.393 e. The van der Waals surface area contributed by atoms with Gasteiger partial charge in [-0.1, -0.05) is 0 Å². The molecule has 7 nitrogen and oxygen atoms in total. The number of likely N-dealkylation sites (N-methyl/N-ethyl adjacent to an activating group) is 1. The van der Waals surface area contributed by atoms with Crippen LogP contribution in [0.4, 0.5) is 11.6 Å². The third kappa shape index (κ3) is 2.71. The quantitative estimate of drug-likeness (QED) is 0.733. The molecule has 0 fully saturated rings. The van der Waals surface area contributed by atoms with Crippen molar-refractivity contribution in [2.75, 3.05) is 30.8 Å². The summed E-state index contributed by atoms with van der Waals surface area (Å²) in [5.41, 5.74) is 6.35. The molecule has 0 aromatic carbocycles. The van der Waals surface area contributed by atoms with Crippen molar-refractivity contribution in [1.82, 2.24) is 0 Å². The molecular formula is C12H13N6O+. The zero-order valence-corrected chi connectivity index (χ0v) is 10.4. The molecule has 7 heteroatoms. The maximum absolute atomic E-state index is 9.24. The average Bonchev–Trinajstić information content (AvgIpc) is 2.39. The number of rotatable bonds is 4. The minimum absolute atomic E-state index is 0.0787. The summed E-state index contributed by atoms with van der Waals surface area (Å²) >= 11 is 0. The monoisotopic (exact) mass is 257 g/mol. The summed E-state index contributed by atoms with van der Waals surface area (Å²) in [6, 6.07) is 5.79. The molecule has 0 bridgehead atoms. The van der Waals surface area contributed by atoms with Crippen molar-refractivity contribution >= 4 is 11.6 Å². The number of pyridine rings is 1. The SMILES string of the molecule is CN(CCO)c1[nH+]c(N)c(C#N)c(CC#N)c1C#N. The minimum atomic E-state index is -0.0945. The van der Waals surface area contributed by atoms with Gasteiger partial charge >= 0.3 is 0 Å². The van der Waals surface area contributed by atoms with Gasteiger partial charge in [0.15, 0.2) is 0 Å². The first-order valence-corrected chi connectivity index (χ1v) is 5.47. The topological polar surface area (TPSA) is 135 Å². The zero-order valence-electron chi connectivity index (χ0n) is 10.4. The minimum Gasteiger partial charge on any atom is -0.393 e. The predicted octanol–water partition coefficient (Wildman–Crippen LogP) is -0.679. The fraction of sp³-hybridized carbons (Fsp3) is 0.333. The Morgan fingerprint density at radius 3 is 2.37 bits per heavy atom. The molecule has 19 heavy (non-hydrogen) atoms. The van der Waals surface area contributed by atoms with Crippen LogP contribution in [0, 0.1) is 34.0 Å². The molecule has 1 aromatic rings. The van der Waals surface area contributed by atoms with Crippen molar-refractivity contribution in [3.63, 3.8) is 0 Å². The van der Waals surface area contributed by atoms with E-state index in [-0.39, 0.29) is 30.0 Å². The summed E-state index contributed by atoms with van der Waals surface area (Å²) < 4.78 is 0. The summed E-state index contributed by atoms with van der Waals surface area (Å²) in [6.07, 6.45) is -0.0787. The molecule has 0 radical (unpaired) electrons. The molecule has 0 aliphatic heterocycles. The highest BCUT2D eigenvalue weighted by Crippen LogP contribution is 2.23. The van der Waals surface area contributed by atoms with E-state index in [0.717, 1.165) is 0 Å². The second-order valence-corrected chi connectivity index (χ2v) is 3.82. The van der Waals surface area contributed by atoms with Crippen molar-refractivity contribution in [2.45, 2.75) is 6.42 Å². The molecule has 0 spiro atoms. The number of hydrogen-bond acceptors (Lipinski definition) is 6. The number of aromatic amines is 1. The Kier molecular flexibility index (Phi) is 4.65. The van der Waals surface area contributed by atoms with Gasteiger partial charge in [0.2, 0.25) is 11.6 Å². The number of hydrogen-bond donors (Lipinski definition) is 2. The number of nitriles is 3. The molecule has 1 heterocycles. The molecule has 0 amide bonds. The fourth-order valence-electron chi connectivity index (χ4n) is 1.74. The van der Waals surface area contributed by atoms with Crippen LogP contribution >= 0.6 is 0 Å². The molecule has 0 unspecified atom stereocenters. The van der Waals surface area contributed by atoms with Crippen LogP contribution in [0.25, 0.3) is 0 Å². The molecule has 0 atom stereocenters. The number of nitrogens with one attached hydrogen (secondary N) is 1. The highest BCUT2D eigenvalue weighted by atomic mass is 16.3. The Bertz CT molecular complexity index is 605. The van der Waals surface area contributed by atoms with Gasteiger partial charge in [0.25, 0.3) is 0 Å². The van der Waals surface area contributed by atoms with E-state index in [2.05, 4.69) is 4.98 Å². The highest BCUT2D eigenvalue weighted by Gasteiger charge is 2.24. The van der Waals surface area contributed by atoms with Crippen LogP contribution in [0.1, 0.15) is 16.7 Å². The number of anilines is 2. The van der Waals surface area contributed by atoms with Gasteiger partial charge in [-0.2, -0.15) is 15.8 Å². The highest BCUT2D eigenvalue weighted by molar-refractivity contribution is 5.64. The molecule has 0 aliphatic carbocycles. The van der Waals surface area contributed by atoms with Gasteiger partial charge < -0.3 is 10.8 Å². The van der Waals surface area contributed by atoms with Crippen LogP contribution in [-0.2, 0) is 6.42 Å². The van der Waals surface area contributed by atoms with Gasteiger partial charge in [-0.3, -0.25) is 4.90 Å². The van der Waals surface area contributed by atoms with E-state index in [1.165, 1.54) is 0 Å². The van der Waals surface area contributed by atoms with E-state index in [1.807, 2.05) is 18.2 Å². The number of nitrogens with zero attached hydrogens (tertiary/aromatic N) is 4. The van der Waals surface area contributed by atoms with Crippen LogP contribution in [0.15, 0.2) is 0 Å². The van der Waals surface area contributed by atoms with Crippen molar-refractivity contribution in [1.29, 1.82) is 15.8 Å².